The number of hydrogen-bond donors (Lipinski definition) is 2. The summed E-state index contributed by atoms with van der Waals surface area (Å²) in [7, 11) is 1.49. The molecule has 6 nitrogen and oxygen atoms in total. The lowest BCUT2D eigenvalue weighted by Crippen LogP contribution is -2.51. The molecule has 1 atom stereocenters. The van der Waals surface area contributed by atoms with E-state index >= 15 is 0 Å². The van der Waals surface area contributed by atoms with E-state index in [0.29, 0.717) is 19.5 Å². The Balaban J connectivity index is 2.32. The number of ether oxygens (including phenoxy) is 1. The van der Waals surface area contributed by atoms with Gasteiger partial charge in [-0.3, -0.25) is 9.59 Å². The van der Waals surface area contributed by atoms with E-state index in [2.05, 4.69) is 5.32 Å². The van der Waals surface area contributed by atoms with E-state index in [0.717, 1.165) is 12.8 Å². The summed E-state index contributed by atoms with van der Waals surface area (Å²) in [5.41, 5.74) is 5.72. The molecule has 1 aliphatic rings. The number of nitrogens with one attached hydrogen (secondary N) is 1. The van der Waals surface area contributed by atoms with Crippen LogP contribution < -0.4 is 11.1 Å². The molecule has 0 radical (unpaired) electrons. The van der Waals surface area contributed by atoms with Gasteiger partial charge in [0.25, 0.3) is 0 Å². The van der Waals surface area contributed by atoms with Gasteiger partial charge in [0.2, 0.25) is 11.8 Å². The summed E-state index contributed by atoms with van der Waals surface area (Å²) in [5, 5.41) is 2.89. The van der Waals surface area contributed by atoms with Gasteiger partial charge < -0.3 is 20.7 Å². The second-order valence-electron chi connectivity index (χ2n) is 4.61. The second-order valence-corrected chi connectivity index (χ2v) is 4.61. The first-order valence-electron chi connectivity index (χ1n) is 6.41. The standard InChI is InChI=1S/C12H23N3O3/c1-3-10(13)12(17)15-6-4-9(5-7-15)14-11(16)8-18-2/h9-10H,3-8,13H2,1-2H3,(H,14,16). The fraction of sp³-hybridized carbons (Fsp3) is 0.833. The minimum absolute atomic E-state index is 0.0131. The van der Waals surface area contributed by atoms with Crippen molar-refractivity contribution >= 4 is 11.8 Å². The number of amides is 2. The summed E-state index contributed by atoms with van der Waals surface area (Å²) >= 11 is 0. The fourth-order valence-corrected chi connectivity index (χ4v) is 2.05. The Kier molecular flexibility index (Phi) is 6.07. The minimum atomic E-state index is -0.398. The Morgan fingerprint density at radius 3 is 2.56 bits per heavy atom. The Bertz CT molecular complexity index is 288. The van der Waals surface area contributed by atoms with Crippen LogP contribution in [0.3, 0.4) is 0 Å². The van der Waals surface area contributed by atoms with E-state index in [9.17, 15) is 9.59 Å². The van der Waals surface area contributed by atoms with Crippen LogP contribution in [-0.4, -0.2) is 55.6 Å². The number of methoxy groups -OCH3 is 1. The molecular weight excluding hydrogens is 234 g/mol. The van der Waals surface area contributed by atoms with Crippen LogP contribution in [0.5, 0.6) is 0 Å². The Morgan fingerprint density at radius 1 is 1.44 bits per heavy atom. The Labute approximate surface area is 108 Å². The monoisotopic (exact) mass is 257 g/mol. The maximum Gasteiger partial charge on any atom is 0.246 e. The van der Waals surface area contributed by atoms with E-state index in [1.807, 2.05) is 6.92 Å². The first-order chi connectivity index (χ1) is 8.58. The molecule has 0 aromatic carbocycles. The van der Waals surface area contributed by atoms with Crippen LogP contribution in [0.4, 0.5) is 0 Å². The SMILES string of the molecule is CCC(N)C(=O)N1CCC(NC(=O)COC)CC1. The quantitative estimate of drug-likeness (QED) is 0.694. The molecule has 1 rings (SSSR count). The normalized spacial score (nSPS) is 18.5. The molecule has 2 amide bonds. The smallest absolute Gasteiger partial charge is 0.246 e. The fourth-order valence-electron chi connectivity index (χ4n) is 2.05. The van der Waals surface area contributed by atoms with Crippen LogP contribution in [0.15, 0.2) is 0 Å². The average Bonchev–Trinajstić information content (AvgIpc) is 2.38. The molecule has 1 aliphatic heterocycles. The zero-order valence-corrected chi connectivity index (χ0v) is 11.1. The van der Waals surface area contributed by atoms with Crippen molar-refractivity contribution in [2.45, 2.75) is 38.3 Å². The van der Waals surface area contributed by atoms with Crippen molar-refractivity contribution in [1.82, 2.24) is 10.2 Å². The van der Waals surface area contributed by atoms with E-state index < -0.39 is 6.04 Å². The first-order valence-corrected chi connectivity index (χ1v) is 6.41. The molecule has 1 saturated heterocycles. The third-order valence-electron chi connectivity index (χ3n) is 3.20. The second kappa shape index (κ2) is 7.33. The number of piperidine rings is 1. The molecule has 104 valence electrons. The minimum Gasteiger partial charge on any atom is -0.375 e. The van der Waals surface area contributed by atoms with Crippen molar-refractivity contribution in [2.75, 3.05) is 26.8 Å². The highest BCUT2D eigenvalue weighted by atomic mass is 16.5. The molecule has 0 spiro atoms. The van der Waals surface area contributed by atoms with Crippen molar-refractivity contribution in [1.29, 1.82) is 0 Å². The van der Waals surface area contributed by atoms with Crippen LogP contribution in [0.25, 0.3) is 0 Å². The topological polar surface area (TPSA) is 84.7 Å². The molecule has 0 saturated carbocycles. The van der Waals surface area contributed by atoms with E-state index in [1.54, 1.807) is 4.90 Å². The maximum atomic E-state index is 11.9. The van der Waals surface area contributed by atoms with Crippen LogP contribution in [0.1, 0.15) is 26.2 Å². The lowest BCUT2D eigenvalue weighted by atomic mass is 10.0. The maximum absolute atomic E-state index is 11.9. The molecule has 0 aromatic rings. The van der Waals surface area contributed by atoms with E-state index in [4.69, 9.17) is 10.5 Å². The summed E-state index contributed by atoms with van der Waals surface area (Å²) < 4.78 is 4.76. The van der Waals surface area contributed by atoms with E-state index in [-0.39, 0.29) is 24.5 Å². The molecule has 18 heavy (non-hydrogen) atoms. The van der Waals surface area contributed by atoms with Gasteiger partial charge in [-0.05, 0) is 19.3 Å². The van der Waals surface area contributed by atoms with Gasteiger partial charge in [0.1, 0.15) is 6.61 Å². The van der Waals surface area contributed by atoms with Gasteiger partial charge in [0, 0.05) is 26.2 Å². The predicted molar refractivity (Wildman–Crippen MR) is 67.9 cm³/mol. The number of nitrogens with zero attached hydrogens (tertiary/aromatic N) is 1. The summed E-state index contributed by atoms with van der Waals surface area (Å²) in [5.74, 6) is -0.0910. The highest BCUT2D eigenvalue weighted by Crippen LogP contribution is 2.11. The van der Waals surface area contributed by atoms with Crippen LogP contribution in [-0.2, 0) is 14.3 Å². The van der Waals surface area contributed by atoms with Gasteiger partial charge in [-0.25, -0.2) is 0 Å². The van der Waals surface area contributed by atoms with Crippen LogP contribution >= 0.6 is 0 Å². The zero-order chi connectivity index (χ0) is 13.5. The third-order valence-corrected chi connectivity index (χ3v) is 3.20. The van der Waals surface area contributed by atoms with E-state index in [1.165, 1.54) is 7.11 Å². The summed E-state index contributed by atoms with van der Waals surface area (Å²) in [6.45, 7) is 3.30. The number of rotatable bonds is 5. The molecule has 1 heterocycles. The molecule has 0 aromatic heterocycles. The highest BCUT2D eigenvalue weighted by molar-refractivity contribution is 5.81. The summed E-state index contributed by atoms with van der Waals surface area (Å²) in [6.07, 6.45) is 2.21. The average molecular weight is 257 g/mol. The van der Waals surface area contributed by atoms with Gasteiger partial charge in [0.15, 0.2) is 0 Å². The van der Waals surface area contributed by atoms with Gasteiger partial charge in [0.05, 0.1) is 6.04 Å². The molecule has 6 heteroatoms. The number of likely N-dealkylation sites (tertiary alicyclic amines) is 1. The van der Waals surface area contributed by atoms with Crippen molar-refractivity contribution in [3.63, 3.8) is 0 Å². The first kappa shape index (κ1) is 14.9. The Hall–Kier alpha value is -1.14. The molecule has 1 unspecified atom stereocenters. The molecule has 0 bridgehead atoms. The highest BCUT2D eigenvalue weighted by Gasteiger charge is 2.26. The third kappa shape index (κ3) is 4.27. The summed E-state index contributed by atoms with van der Waals surface area (Å²) in [4.78, 5) is 25.0. The van der Waals surface area contributed by atoms with Crippen LogP contribution in [0, 0.1) is 0 Å². The lowest BCUT2D eigenvalue weighted by molar-refractivity contribution is -0.134. The van der Waals surface area contributed by atoms with Crippen molar-refractivity contribution in [2.24, 2.45) is 5.73 Å². The number of carbonyl (C=O) groups is 2. The molecular formula is C12H23N3O3. The number of hydrogen-bond acceptors (Lipinski definition) is 4. The molecule has 1 fully saturated rings. The molecule has 3 N–H and O–H groups in total. The van der Waals surface area contributed by atoms with Gasteiger partial charge >= 0.3 is 0 Å². The van der Waals surface area contributed by atoms with Crippen molar-refractivity contribution in [3.05, 3.63) is 0 Å². The van der Waals surface area contributed by atoms with Crippen molar-refractivity contribution < 1.29 is 14.3 Å². The largest absolute Gasteiger partial charge is 0.375 e. The lowest BCUT2D eigenvalue weighted by Gasteiger charge is -2.33. The zero-order valence-electron chi connectivity index (χ0n) is 11.1. The molecule has 0 aliphatic carbocycles. The number of carbonyl (C=O) groups excluding carboxylic acids is 2. The van der Waals surface area contributed by atoms with Gasteiger partial charge in [-0.15, -0.1) is 0 Å². The predicted octanol–water partition coefficient (Wildman–Crippen LogP) is -0.523. The van der Waals surface area contributed by atoms with Crippen LogP contribution in [0.2, 0.25) is 0 Å². The van der Waals surface area contributed by atoms with Gasteiger partial charge in [-0.1, -0.05) is 6.92 Å². The Morgan fingerprint density at radius 2 is 2.06 bits per heavy atom. The van der Waals surface area contributed by atoms with Crippen molar-refractivity contribution in [3.8, 4) is 0 Å². The summed E-state index contributed by atoms with van der Waals surface area (Å²) in [6, 6.07) is -0.265. The van der Waals surface area contributed by atoms with Gasteiger partial charge in [-0.2, -0.15) is 0 Å². The number of nitrogens with two attached hydrogens (primary N) is 1.